The van der Waals surface area contributed by atoms with E-state index in [9.17, 15) is 14.7 Å². The van der Waals surface area contributed by atoms with Gasteiger partial charge in [-0.15, -0.1) is 0 Å². The van der Waals surface area contributed by atoms with Crippen molar-refractivity contribution in [3.63, 3.8) is 0 Å². The van der Waals surface area contributed by atoms with Gasteiger partial charge in [-0.05, 0) is 68.5 Å². The molecule has 0 bridgehead atoms. The average Bonchev–Trinajstić information content (AvgIpc) is 2.60. The zero-order valence-corrected chi connectivity index (χ0v) is 17.1. The second-order valence-electron chi connectivity index (χ2n) is 8.27. The summed E-state index contributed by atoms with van der Waals surface area (Å²) in [6, 6.07) is 10.5. The molecule has 1 unspecified atom stereocenters. The molecule has 6 heteroatoms. The van der Waals surface area contributed by atoms with Crippen molar-refractivity contribution in [1.82, 2.24) is 9.88 Å². The van der Waals surface area contributed by atoms with Crippen LogP contribution in [0.4, 0.5) is 10.5 Å². The van der Waals surface area contributed by atoms with Crippen LogP contribution >= 0.6 is 0 Å². The Morgan fingerprint density at radius 3 is 2.04 bits per heavy atom. The molecule has 2 rings (SSSR count). The van der Waals surface area contributed by atoms with E-state index in [0.717, 1.165) is 11.1 Å². The Morgan fingerprint density at radius 2 is 1.57 bits per heavy atom. The fourth-order valence-electron chi connectivity index (χ4n) is 3.18. The van der Waals surface area contributed by atoms with Crippen LogP contribution in [0.2, 0.25) is 0 Å². The first-order chi connectivity index (χ1) is 13.1. The van der Waals surface area contributed by atoms with Crippen molar-refractivity contribution in [1.29, 1.82) is 0 Å². The molecule has 0 aliphatic heterocycles. The largest absolute Gasteiger partial charge is 0.465 e. The van der Waals surface area contributed by atoms with Gasteiger partial charge in [0.1, 0.15) is 6.04 Å². The Morgan fingerprint density at radius 1 is 1.04 bits per heavy atom. The lowest BCUT2D eigenvalue weighted by Crippen LogP contribution is -2.55. The second kappa shape index (κ2) is 8.87. The number of amides is 2. The van der Waals surface area contributed by atoms with Crippen LogP contribution in [-0.4, -0.2) is 38.6 Å². The third-order valence-corrected chi connectivity index (χ3v) is 4.40. The summed E-state index contributed by atoms with van der Waals surface area (Å²) in [4.78, 5) is 30.1. The van der Waals surface area contributed by atoms with Crippen molar-refractivity contribution >= 4 is 17.7 Å². The number of carbonyl (C=O) groups is 2. The molecule has 0 radical (unpaired) electrons. The molecular formula is C22H29N3O3. The van der Waals surface area contributed by atoms with Gasteiger partial charge in [0.05, 0.1) is 0 Å². The number of nitrogens with zero attached hydrogens (tertiary/aromatic N) is 2. The molecule has 2 aromatic rings. The van der Waals surface area contributed by atoms with Gasteiger partial charge in [-0.1, -0.05) is 26.0 Å². The van der Waals surface area contributed by atoms with E-state index in [1.807, 2.05) is 50.2 Å². The van der Waals surface area contributed by atoms with Crippen LogP contribution in [0.1, 0.15) is 41.0 Å². The summed E-state index contributed by atoms with van der Waals surface area (Å²) in [5.41, 5.74) is 2.00. The number of benzene rings is 1. The maximum atomic E-state index is 13.0. The maximum absolute atomic E-state index is 13.0. The molecule has 1 aromatic carbocycles. The lowest BCUT2D eigenvalue weighted by Gasteiger charge is -2.39. The summed E-state index contributed by atoms with van der Waals surface area (Å²) >= 11 is 0. The fraction of sp³-hybridized carbons (Fsp3) is 0.409. The number of nitrogens with one attached hydrogen (secondary N) is 1. The molecule has 0 saturated heterocycles. The molecule has 0 fully saturated rings. The van der Waals surface area contributed by atoms with Gasteiger partial charge in [0.2, 0.25) is 5.91 Å². The first kappa shape index (κ1) is 21.4. The number of hydrogen-bond acceptors (Lipinski definition) is 3. The first-order valence-corrected chi connectivity index (χ1v) is 9.43. The van der Waals surface area contributed by atoms with Crippen LogP contribution in [0.5, 0.6) is 0 Å². The topological polar surface area (TPSA) is 82.5 Å². The number of carbonyl (C=O) groups excluding carboxylic acids is 1. The zero-order valence-electron chi connectivity index (χ0n) is 17.1. The standard InChI is InChI=1S/C22H29N3O3/c1-15(2)14-19(25(21(27)28)22(3,4)5)20(26)24-18-8-6-16(7-9-18)17-10-12-23-13-11-17/h6-13,15,19H,14H2,1-5H3,(H,24,26)(H,27,28). The third-order valence-electron chi connectivity index (χ3n) is 4.40. The van der Waals surface area contributed by atoms with Gasteiger partial charge >= 0.3 is 6.09 Å². The summed E-state index contributed by atoms with van der Waals surface area (Å²) < 4.78 is 0. The molecule has 0 aliphatic rings. The molecule has 150 valence electrons. The molecule has 1 heterocycles. The van der Waals surface area contributed by atoms with E-state index in [2.05, 4.69) is 10.3 Å². The molecule has 6 nitrogen and oxygen atoms in total. The molecule has 0 saturated carbocycles. The lowest BCUT2D eigenvalue weighted by atomic mass is 9.96. The highest BCUT2D eigenvalue weighted by atomic mass is 16.4. The Bertz CT molecular complexity index is 796. The van der Waals surface area contributed by atoms with Crippen LogP contribution in [0.15, 0.2) is 48.8 Å². The minimum Gasteiger partial charge on any atom is -0.465 e. The molecule has 2 N–H and O–H groups in total. The number of rotatable bonds is 6. The van der Waals surface area contributed by atoms with E-state index in [1.165, 1.54) is 4.90 Å². The van der Waals surface area contributed by atoms with Crippen molar-refractivity contribution in [3.8, 4) is 11.1 Å². The quantitative estimate of drug-likeness (QED) is 0.745. The first-order valence-electron chi connectivity index (χ1n) is 9.43. The van der Waals surface area contributed by atoms with Crippen LogP contribution in [0.25, 0.3) is 11.1 Å². The van der Waals surface area contributed by atoms with Gasteiger partial charge in [0, 0.05) is 23.6 Å². The second-order valence-corrected chi connectivity index (χ2v) is 8.27. The average molecular weight is 383 g/mol. The highest BCUT2D eigenvalue weighted by Crippen LogP contribution is 2.25. The smallest absolute Gasteiger partial charge is 0.408 e. The Balaban J connectivity index is 2.22. The Labute approximate surface area is 166 Å². The number of anilines is 1. The zero-order chi connectivity index (χ0) is 20.9. The number of hydrogen-bond donors (Lipinski definition) is 2. The Kier molecular flexibility index (Phi) is 6.78. The molecule has 1 aromatic heterocycles. The number of carboxylic acid groups (broad SMARTS) is 1. The monoisotopic (exact) mass is 383 g/mol. The van der Waals surface area contributed by atoms with Crippen molar-refractivity contribution in [2.45, 2.75) is 52.6 Å². The van der Waals surface area contributed by atoms with Crippen LogP contribution in [0, 0.1) is 5.92 Å². The van der Waals surface area contributed by atoms with Crippen molar-refractivity contribution in [2.75, 3.05) is 5.32 Å². The molecule has 28 heavy (non-hydrogen) atoms. The van der Waals surface area contributed by atoms with E-state index in [-0.39, 0.29) is 11.8 Å². The third kappa shape index (κ3) is 5.55. The molecular weight excluding hydrogens is 354 g/mol. The molecule has 1 atom stereocenters. The van der Waals surface area contributed by atoms with Gasteiger partial charge < -0.3 is 10.4 Å². The highest BCUT2D eigenvalue weighted by molar-refractivity contribution is 5.96. The van der Waals surface area contributed by atoms with Crippen molar-refractivity contribution < 1.29 is 14.7 Å². The Hall–Kier alpha value is -2.89. The maximum Gasteiger partial charge on any atom is 0.408 e. The van der Waals surface area contributed by atoms with Gasteiger partial charge in [0.25, 0.3) is 0 Å². The van der Waals surface area contributed by atoms with E-state index < -0.39 is 17.7 Å². The summed E-state index contributed by atoms with van der Waals surface area (Å²) in [6.45, 7) is 9.35. The van der Waals surface area contributed by atoms with Crippen molar-refractivity contribution in [3.05, 3.63) is 48.8 Å². The molecule has 2 amide bonds. The highest BCUT2D eigenvalue weighted by Gasteiger charge is 2.37. The van der Waals surface area contributed by atoms with E-state index in [0.29, 0.717) is 12.1 Å². The minimum absolute atomic E-state index is 0.175. The summed E-state index contributed by atoms with van der Waals surface area (Å²) in [5, 5.41) is 12.6. The van der Waals surface area contributed by atoms with E-state index in [1.54, 1.807) is 33.2 Å². The fourth-order valence-corrected chi connectivity index (χ4v) is 3.18. The van der Waals surface area contributed by atoms with Crippen LogP contribution in [-0.2, 0) is 4.79 Å². The van der Waals surface area contributed by atoms with Crippen LogP contribution in [0.3, 0.4) is 0 Å². The number of aromatic nitrogens is 1. The van der Waals surface area contributed by atoms with Crippen LogP contribution < -0.4 is 5.32 Å². The van der Waals surface area contributed by atoms with E-state index in [4.69, 9.17) is 0 Å². The summed E-state index contributed by atoms with van der Waals surface area (Å²) in [7, 11) is 0. The minimum atomic E-state index is -1.10. The van der Waals surface area contributed by atoms with Gasteiger partial charge in [-0.3, -0.25) is 14.7 Å². The van der Waals surface area contributed by atoms with Gasteiger partial charge in [0.15, 0.2) is 0 Å². The SMILES string of the molecule is CC(C)CC(C(=O)Nc1ccc(-c2ccncc2)cc1)N(C(=O)O)C(C)(C)C. The molecule has 0 spiro atoms. The van der Waals surface area contributed by atoms with E-state index >= 15 is 0 Å². The summed E-state index contributed by atoms with van der Waals surface area (Å²) in [6.07, 6.45) is 2.81. The van der Waals surface area contributed by atoms with Gasteiger partial charge in [-0.25, -0.2) is 4.79 Å². The molecule has 0 aliphatic carbocycles. The normalized spacial score (nSPS) is 12.5. The van der Waals surface area contributed by atoms with Crippen molar-refractivity contribution in [2.24, 2.45) is 5.92 Å². The van der Waals surface area contributed by atoms with Gasteiger partial charge in [-0.2, -0.15) is 0 Å². The lowest BCUT2D eigenvalue weighted by molar-refractivity contribution is -0.123. The summed E-state index contributed by atoms with van der Waals surface area (Å²) in [5.74, 6) is -0.142. The number of pyridine rings is 1. The predicted molar refractivity (Wildman–Crippen MR) is 111 cm³/mol. The predicted octanol–water partition coefficient (Wildman–Crippen LogP) is 4.88.